The second-order valence-corrected chi connectivity index (χ2v) is 8.25. The Morgan fingerprint density at radius 1 is 0.767 bits per heavy atom. The highest BCUT2D eigenvalue weighted by molar-refractivity contribution is 7.92. The summed E-state index contributed by atoms with van der Waals surface area (Å²) in [6, 6.07) is 16.5. The molecule has 0 fully saturated rings. The molecule has 0 aliphatic rings. The van der Waals surface area contributed by atoms with Crippen LogP contribution in [0.4, 0.5) is 10.1 Å². The van der Waals surface area contributed by atoms with Crippen LogP contribution in [0.15, 0.2) is 71.6 Å². The van der Waals surface area contributed by atoms with E-state index < -0.39 is 15.8 Å². The molecule has 8 heteroatoms. The van der Waals surface area contributed by atoms with Gasteiger partial charge in [-0.05, 0) is 66.2 Å². The smallest absolute Gasteiger partial charge is 0.264 e. The van der Waals surface area contributed by atoms with Crippen LogP contribution < -0.4 is 18.5 Å². The Balaban J connectivity index is 2.08. The predicted molar refractivity (Wildman–Crippen MR) is 112 cm³/mol. The average molecular weight is 431 g/mol. The first kappa shape index (κ1) is 21.4. The van der Waals surface area contributed by atoms with Crippen LogP contribution in [0.1, 0.15) is 5.56 Å². The van der Waals surface area contributed by atoms with Gasteiger partial charge in [0.25, 0.3) is 10.0 Å². The minimum atomic E-state index is -3.96. The SMILES string of the molecule is COc1ccc(S(=O)(=O)N(Cc2cc(OC)cc(OC)c2)c2ccc(F)cc2)cc1. The third kappa shape index (κ3) is 4.65. The van der Waals surface area contributed by atoms with Gasteiger partial charge in [0.15, 0.2) is 0 Å². The van der Waals surface area contributed by atoms with Crippen molar-refractivity contribution in [3.05, 3.63) is 78.1 Å². The third-order valence-corrected chi connectivity index (χ3v) is 6.29. The van der Waals surface area contributed by atoms with Crippen molar-refractivity contribution in [3.63, 3.8) is 0 Å². The first-order valence-corrected chi connectivity index (χ1v) is 10.5. The van der Waals surface area contributed by atoms with Gasteiger partial charge in [0, 0.05) is 6.07 Å². The molecule has 0 saturated heterocycles. The molecular weight excluding hydrogens is 409 g/mol. The van der Waals surface area contributed by atoms with Crippen LogP contribution in [-0.4, -0.2) is 29.7 Å². The maximum atomic E-state index is 13.5. The van der Waals surface area contributed by atoms with E-state index in [0.717, 1.165) is 0 Å². The Hall–Kier alpha value is -3.26. The molecule has 0 aromatic heterocycles. The van der Waals surface area contributed by atoms with E-state index in [4.69, 9.17) is 14.2 Å². The van der Waals surface area contributed by atoms with E-state index in [1.54, 1.807) is 30.3 Å². The maximum Gasteiger partial charge on any atom is 0.264 e. The Bertz CT molecular complexity index is 1080. The van der Waals surface area contributed by atoms with Crippen molar-refractivity contribution in [2.24, 2.45) is 0 Å². The van der Waals surface area contributed by atoms with E-state index in [9.17, 15) is 12.8 Å². The molecule has 0 spiro atoms. The van der Waals surface area contributed by atoms with Crippen LogP contribution in [0.25, 0.3) is 0 Å². The van der Waals surface area contributed by atoms with E-state index in [-0.39, 0.29) is 11.4 Å². The standard InChI is InChI=1S/C22H22FNO5S/c1-27-19-8-10-22(11-9-19)30(25,26)24(18-6-4-17(23)5-7-18)15-16-12-20(28-2)14-21(13-16)29-3/h4-14H,15H2,1-3H3. The van der Waals surface area contributed by atoms with Crippen molar-refractivity contribution >= 4 is 15.7 Å². The summed E-state index contributed by atoms with van der Waals surface area (Å²) in [4.78, 5) is 0.0856. The molecule has 0 amide bonds. The molecule has 3 rings (SSSR count). The highest BCUT2D eigenvalue weighted by Crippen LogP contribution is 2.30. The lowest BCUT2D eigenvalue weighted by molar-refractivity contribution is 0.393. The van der Waals surface area contributed by atoms with Crippen LogP contribution >= 0.6 is 0 Å². The second-order valence-electron chi connectivity index (χ2n) is 6.38. The lowest BCUT2D eigenvalue weighted by atomic mass is 10.2. The number of ether oxygens (including phenoxy) is 3. The van der Waals surface area contributed by atoms with Gasteiger partial charge < -0.3 is 14.2 Å². The van der Waals surface area contributed by atoms with E-state index >= 15 is 0 Å². The van der Waals surface area contributed by atoms with Crippen LogP contribution in [0.5, 0.6) is 17.2 Å². The lowest BCUT2D eigenvalue weighted by Crippen LogP contribution is -2.30. The van der Waals surface area contributed by atoms with Gasteiger partial charge in [-0.2, -0.15) is 0 Å². The van der Waals surface area contributed by atoms with Gasteiger partial charge in [0.2, 0.25) is 0 Å². The fourth-order valence-electron chi connectivity index (χ4n) is 2.92. The fourth-order valence-corrected chi connectivity index (χ4v) is 4.37. The summed E-state index contributed by atoms with van der Waals surface area (Å²) >= 11 is 0. The first-order chi connectivity index (χ1) is 14.4. The van der Waals surface area contributed by atoms with Crippen molar-refractivity contribution in [1.29, 1.82) is 0 Å². The van der Waals surface area contributed by atoms with Crippen LogP contribution in [0.2, 0.25) is 0 Å². The minimum absolute atomic E-state index is 0.00639. The van der Waals surface area contributed by atoms with Gasteiger partial charge >= 0.3 is 0 Å². The van der Waals surface area contributed by atoms with E-state index in [2.05, 4.69) is 0 Å². The van der Waals surface area contributed by atoms with Gasteiger partial charge in [-0.15, -0.1) is 0 Å². The zero-order chi connectivity index (χ0) is 21.7. The number of rotatable bonds is 8. The zero-order valence-corrected chi connectivity index (χ0v) is 17.6. The van der Waals surface area contributed by atoms with Gasteiger partial charge in [0.1, 0.15) is 23.1 Å². The number of nitrogens with zero attached hydrogens (tertiary/aromatic N) is 1. The lowest BCUT2D eigenvalue weighted by Gasteiger charge is -2.25. The molecule has 0 heterocycles. The van der Waals surface area contributed by atoms with Crippen molar-refractivity contribution in [2.45, 2.75) is 11.4 Å². The van der Waals surface area contributed by atoms with Gasteiger partial charge in [-0.25, -0.2) is 12.8 Å². The number of hydrogen-bond acceptors (Lipinski definition) is 5. The Labute approximate surface area is 175 Å². The summed E-state index contributed by atoms with van der Waals surface area (Å²) in [6.07, 6.45) is 0. The number of hydrogen-bond donors (Lipinski definition) is 0. The average Bonchev–Trinajstić information content (AvgIpc) is 2.77. The molecule has 0 N–H and O–H groups in total. The molecule has 0 aliphatic heterocycles. The molecule has 0 radical (unpaired) electrons. The maximum absolute atomic E-state index is 13.5. The van der Waals surface area contributed by atoms with E-state index in [1.807, 2.05) is 0 Å². The number of anilines is 1. The second kappa shape index (κ2) is 9.04. The molecular formula is C22H22FNO5S. The largest absolute Gasteiger partial charge is 0.497 e. The molecule has 0 unspecified atom stereocenters. The molecule has 0 atom stereocenters. The monoisotopic (exact) mass is 431 g/mol. The zero-order valence-electron chi connectivity index (χ0n) is 16.8. The summed E-state index contributed by atoms with van der Waals surface area (Å²) in [6.45, 7) is -0.00639. The Morgan fingerprint density at radius 2 is 1.30 bits per heavy atom. The van der Waals surface area contributed by atoms with Crippen LogP contribution in [-0.2, 0) is 16.6 Å². The molecule has 30 heavy (non-hydrogen) atoms. The van der Waals surface area contributed by atoms with E-state index in [0.29, 0.717) is 28.5 Å². The number of benzene rings is 3. The summed E-state index contributed by atoms with van der Waals surface area (Å²) in [5, 5.41) is 0. The molecule has 3 aromatic carbocycles. The summed E-state index contributed by atoms with van der Waals surface area (Å²) in [7, 11) is 0.585. The fraction of sp³-hybridized carbons (Fsp3) is 0.182. The molecule has 0 bridgehead atoms. The van der Waals surface area contributed by atoms with Crippen molar-refractivity contribution in [3.8, 4) is 17.2 Å². The van der Waals surface area contributed by atoms with Crippen LogP contribution in [0.3, 0.4) is 0 Å². The highest BCUT2D eigenvalue weighted by atomic mass is 32.2. The quantitative estimate of drug-likeness (QED) is 0.534. The number of methoxy groups -OCH3 is 3. The topological polar surface area (TPSA) is 65.1 Å². The summed E-state index contributed by atoms with van der Waals surface area (Å²) < 4.78 is 57.3. The molecule has 0 aliphatic carbocycles. The number of halogens is 1. The molecule has 3 aromatic rings. The highest BCUT2D eigenvalue weighted by Gasteiger charge is 2.26. The Morgan fingerprint density at radius 3 is 1.80 bits per heavy atom. The van der Waals surface area contributed by atoms with Gasteiger partial charge in [0.05, 0.1) is 38.5 Å². The summed E-state index contributed by atoms with van der Waals surface area (Å²) in [5.74, 6) is 1.15. The molecule has 0 saturated carbocycles. The van der Waals surface area contributed by atoms with Crippen molar-refractivity contribution < 1.29 is 27.0 Å². The van der Waals surface area contributed by atoms with Gasteiger partial charge in [-0.3, -0.25) is 4.31 Å². The minimum Gasteiger partial charge on any atom is -0.497 e. The van der Waals surface area contributed by atoms with Crippen molar-refractivity contribution in [2.75, 3.05) is 25.6 Å². The summed E-state index contributed by atoms with van der Waals surface area (Å²) in [5.41, 5.74) is 0.974. The molecule has 6 nitrogen and oxygen atoms in total. The number of sulfonamides is 1. The predicted octanol–water partition coefficient (Wildman–Crippen LogP) is 4.25. The van der Waals surface area contributed by atoms with Gasteiger partial charge in [-0.1, -0.05) is 0 Å². The van der Waals surface area contributed by atoms with Crippen molar-refractivity contribution in [1.82, 2.24) is 0 Å². The Kier molecular flexibility index (Phi) is 6.47. The first-order valence-electron chi connectivity index (χ1n) is 9.01. The van der Waals surface area contributed by atoms with E-state index in [1.165, 1.54) is 62.0 Å². The normalized spacial score (nSPS) is 11.1. The molecule has 158 valence electrons. The van der Waals surface area contributed by atoms with Crippen LogP contribution in [0, 0.1) is 5.82 Å². The third-order valence-electron chi connectivity index (χ3n) is 4.50.